The third kappa shape index (κ3) is 3.00. The lowest BCUT2D eigenvalue weighted by Crippen LogP contribution is -2.49. The van der Waals surface area contributed by atoms with Crippen LogP contribution >= 0.6 is 0 Å². The minimum absolute atomic E-state index is 0. The van der Waals surface area contributed by atoms with Crippen LogP contribution < -0.4 is 16.6 Å². The molecular weight excluding hydrogens is 360 g/mol. The minimum atomic E-state index is -0.314. The highest BCUT2D eigenvalue weighted by molar-refractivity contribution is 5.95. The number of anilines is 1. The number of pyridine rings is 1. The van der Waals surface area contributed by atoms with Crippen molar-refractivity contribution >= 4 is 22.5 Å². The molecule has 144 valence electrons. The van der Waals surface area contributed by atoms with E-state index in [0.29, 0.717) is 31.9 Å². The molecule has 1 aliphatic rings. The minimum Gasteiger partial charge on any atom is -0.366 e. The van der Waals surface area contributed by atoms with Crippen molar-refractivity contribution in [3.63, 3.8) is 0 Å². The Bertz CT molecular complexity index is 1110. The summed E-state index contributed by atoms with van der Waals surface area (Å²) in [4.78, 5) is 28.7. The van der Waals surface area contributed by atoms with E-state index >= 15 is 0 Å². The normalized spacial score (nSPS) is 13.9. The molecule has 9 nitrogen and oxygen atoms in total. The number of hydrogen-bond donors (Lipinski definition) is 1. The molecule has 9 heteroatoms. The average molecular weight is 380 g/mol. The highest BCUT2D eigenvalue weighted by Gasteiger charge is 2.27. The van der Waals surface area contributed by atoms with Gasteiger partial charge in [0.1, 0.15) is 11.6 Å². The van der Waals surface area contributed by atoms with E-state index in [1.807, 2.05) is 29.2 Å². The first-order valence-electron chi connectivity index (χ1n) is 8.58. The monoisotopic (exact) mass is 380 g/mol. The summed E-state index contributed by atoms with van der Waals surface area (Å²) in [7, 11) is 1.67. The average Bonchev–Trinajstić information content (AvgIpc) is 3.25. The smallest absolute Gasteiger partial charge is 0.292 e. The predicted octanol–water partition coefficient (Wildman–Crippen LogP) is 1.52. The molecule has 4 rings (SSSR count). The van der Waals surface area contributed by atoms with Crippen LogP contribution in [0.1, 0.15) is 16.1 Å². The number of fused-ring (bicyclic) bond motifs is 1. The van der Waals surface area contributed by atoms with Crippen LogP contribution in [-0.2, 0) is 7.05 Å². The molecule has 0 radical (unpaired) electrons. The molecule has 0 atom stereocenters. The standard InChI is InChI=1S/C19H17N5O3.H3N/c1-22-15-5-3-2-4-13(15)17(14(12-20)18(22)25)23-8-10-24(11-9-23)19(26)16-6-7-21-27-16;/h2-7H,8-11H2,1H3;1H3. The number of nitriles is 1. The molecule has 0 saturated carbocycles. The van der Waals surface area contributed by atoms with Crippen LogP contribution in [0.5, 0.6) is 0 Å². The van der Waals surface area contributed by atoms with Crippen molar-refractivity contribution in [1.29, 1.82) is 5.26 Å². The molecule has 0 spiro atoms. The van der Waals surface area contributed by atoms with Crippen LogP contribution in [-0.4, -0.2) is 46.7 Å². The SMILES string of the molecule is Cn1c(=O)c(C#N)c(N2CCN(C(=O)c3ccno3)CC2)c2ccccc21.N. The number of nitrogens with zero attached hydrogens (tertiary/aromatic N) is 5. The number of amides is 1. The van der Waals surface area contributed by atoms with E-state index in [1.165, 1.54) is 16.8 Å². The molecule has 3 aromatic rings. The lowest BCUT2D eigenvalue weighted by atomic mass is 10.1. The van der Waals surface area contributed by atoms with E-state index in [9.17, 15) is 14.9 Å². The van der Waals surface area contributed by atoms with Gasteiger partial charge < -0.3 is 25.0 Å². The third-order valence-electron chi connectivity index (χ3n) is 4.92. The quantitative estimate of drug-likeness (QED) is 0.713. The van der Waals surface area contributed by atoms with E-state index in [-0.39, 0.29) is 28.9 Å². The van der Waals surface area contributed by atoms with Crippen LogP contribution in [0.2, 0.25) is 0 Å². The number of carbonyl (C=O) groups is 1. The topological polar surface area (TPSA) is 130 Å². The lowest BCUT2D eigenvalue weighted by molar-refractivity contribution is 0.0705. The maximum Gasteiger partial charge on any atom is 0.292 e. The second kappa shape index (κ2) is 7.54. The van der Waals surface area contributed by atoms with Crippen molar-refractivity contribution in [2.24, 2.45) is 7.05 Å². The van der Waals surface area contributed by atoms with E-state index in [1.54, 1.807) is 11.9 Å². The highest BCUT2D eigenvalue weighted by atomic mass is 16.5. The van der Waals surface area contributed by atoms with Gasteiger partial charge in [0.2, 0.25) is 5.76 Å². The molecule has 3 heterocycles. The molecule has 1 aromatic carbocycles. The Morgan fingerprint density at radius 1 is 1.18 bits per heavy atom. The molecule has 1 fully saturated rings. The number of aromatic nitrogens is 2. The van der Waals surface area contributed by atoms with Crippen LogP contribution in [0.4, 0.5) is 5.69 Å². The van der Waals surface area contributed by atoms with E-state index in [4.69, 9.17) is 4.52 Å². The Kier molecular flexibility index (Phi) is 5.15. The summed E-state index contributed by atoms with van der Waals surface area (Å²) in [6.07, 6.45) is 1.44. The Hall–Kier alpha value is -3.64. The van der Waals surface area contributed by atoms with Gasteiger partial charge in [-0.3, -0.25) is 9.59 Å². The number of benzene rings is 1. The van der Waals surface area contributed by atoms with Gasteiger partial charge in [-0.1, -0.05) is 23.4 Å². The number of piperazine rings is 1. The number of para-hydroxylation sites is 1. The summed E-state index contributed by atoms with van der Waals surface area (Å²) in [6, 6.07) is 11.1. The summed E-state index contributed by atoms with van der Waals surface area (Å²) in [5, 5.41) is 14.0. The third-order valence-corrected chi connectivity index (χ3v) is 4.92. The molecule has 2 aromatic heterocycles. The second-order valence-corrected chi connectivity index (χ2v) is 6.37. The molecule has 0 bridgehead atoms. The Morgan fingerprint density at radius 2 is 1.89 bits per heavy atom. The van der Waals surface area contributed by atoms with Crippen molar-refractivity contribution < 1.29 is 9.32 Å². The zero-order valence-corrected chi connectivity index (χ0v) is 15.5. The van der Waals surface area contributed by atoms with Gasteiger partial charge in [-0.15, -0.1) is 0 Å². The molecule has 0 aliphatic carbocycles. The van der Waals surface area contributed by atoms with Gasteiger partial charge in [-0.2, -0.15) is 5.26 Å². The van der Waals surface area contributed by atoms with Gasteiger partial charge in [0, 0.05) is 44.7 Å². The van der Waals surface area contributed by atoms with Gasteiger partial charge in [0.25, 0.3) is 11.5 Å². The summed E-state index contributed by atoms with van der Waals surface area (Å²) in [5.74, 6) is 0.00156. The number of rotatable bonds is 2. The second-order valence-electron chi connectivity index (χ2n) is 6.37. The first-order chi connectivity index (χ1) is 13.1. The highest BCUT2D eigenvalue weighted by Crippen LogP contribution is 2.29. The van der Waals surface area contributed by atoms with E-state index in [2.05, 4.69) is 11.2 Å². The largest absolute Gasteiger partial charge is 0.366 e. The van der Waals surface area contributed by atoms with Gasteiger partial charge in [-0.25, -0.2) is 0 Å². The van der Waals surface area contributed by atoms with Gasteiger partial charge in [-0.05, 0) is 6.07 Å². The van der Waals surface area contributed by atoms with Crippen LogP contribution in [0, 0.1) is 11.3 Å². The maximum atomic E-state index is 12.6. The van der Waals surface area contributed by atoms with Gasteiger partial charge in [0.05, 0.1) is 17.4 Å². The van der Waals surface area contributed by atoms with Crippen molar-refractivity contribution in [1.82, 2.24) is 20.8 Å². The van der Waals surface area contributed by atoms with Crippen molar-refractivity contribution in [3.05, 3.63) is 58.2 Å². The zero-order valence-electron chi connectivity index (χ0n) is 15.5. The van der Waals surface area contributed by atoms with Crippen molar-refractivity contribution in [2.45, 2.75) is 0 Å². The molecular formula is C19H20N6O3. The Balaban J connectivity index is 0.00000225. The molecule has 0 unspecified atom stereocenters. The van der Waals surface area contributed by atoms with Crippen LogP contribution in [0.25, 0.3) is 10.9 Å². The van der Waals surface area contributed by atoms with E-state index in [0.717, 1.165) is 10.9 Å². The molecule has 3 N–H and O–H groups in total. The summed E-state index contributed by atoms with van der Waals surface area (Å²) in [6.45, 7) is 1.97. The summed E-state index contributed by atoms with van der Waals surface area (Å²) < 4.78 is 6.44. The Morgan fingerprint density at radius 3 is 2.54 bits per heavy atom. The van der Waals surface area contributed by atoms with E-state index < -0.39 is 0 Å². The van der Waals surface area contributed by atoms with Gasteiger partial charge >= 0.3 is 0 Å². The number of aryl methyl sites for hydroxylation is 1. The number of hydrogen-bond acceptors (Lipinski definition) is 7. The van der Waals surface area contributed by atoms with Crippen LogP contribution in [0.15, 0.2) is 45.8 Å². The fourth-order valence-electron chi connectivity index (χ4n) is 3.52. The fourth-order valence-corrected chi connectivity index (χ4v) is 3.52. The number of carbonyl (C=O) groups excluding carboxylic acids is 1. The summed E-state index contributed by atoms with van der Waals surface area (Å²) in [5.41, 5.74) is 1.23. The first kappa shape index (κ1) is 19.1. The predicted molar refractivity (Wildman–Crippen MR) is 104 cm³/mol. The maximum absolute atomic E-state index is 12.6. The molecule has 1 saturated heterocycles. The van der Waals surface area contributed by atoms with Crippen molar-refractivity contribution in [3.8, 4) is 6.07 Å². The molecule has 28 heavy (non-hydrogen) atoms. The lowest BCUT2D eigenvalue weighted by Gasteiger charge is -2.36. The molecule has 1 amide bonds. The fraction of sp³-hybridized carbons (Fsp3) is 0.263. The van der Waals surface area contributed by atoms with Crippen molar-refractivity contribution in [2.75, 3.05) is 31.1 Å². The first-order valence-corrected chi connectivity index (χ1v) is 8.58. The zero-order chi connectivity index (χ0) is 19.0. The Labute approximate surface area is 160 Å². The summed E-state index contributed by atoms with van der Waals surface area (Å²) >= 11 is 0. The van der Waals surface area contributed by atoms with Gasteiger partial charge in [0.15, 0.2) is 0 Å². The van der Waals surface area contributed by atoms with Crippen LogP contribution in [0.3, 0.4) is 0 Å². The molecule has 1 aliphatic heterocycles.